The fraction of sp³-hybridized carbons (Fsp3) is 0.412. The van der Waals surface area contributed by atoms with Gasteiger partial charge in [0.2, 0.25) is 0 Å². The number of amides is 1. The van der Waals surface area contributed by atoms with Gasteiger partial charge in [0.25, 0.3) is 11.5 Å². The molecule has 0 bridgehead atoms. The van der Waals surface area contributed by atoms with E-state index in [1.807, 2.05) is 6.92 Å². The summed E-state index contributed by atoms with van der Waals surface area (Å²) in [6.07, 6.45) is 3.18. The Kier molecular flexibility index (Phi) is 3.67. The second-order valence-electron chi connectivity index (χ2n) is 6.45. The fourth-order valence-corrected chi connectivity index (χ4v) is 3.58. The number of carbonyl (C=O) groups is 1. The number of carbonyl (C=O) groups excluding carboxylic acids is 1. The Morgan fingerprint density at radius 1 is 1.44 bits per heavy atom. The zero-order valence-corrected chi connectivity index (χ0v) is 14.2. The molecule has 4 heterocycles. The number of hydrogen-bond acceptors (Lipinski definition) is 4. The van der Waals surface area contributed by atoms with Gasteiger partial charge in [-0.1, -0.05) is 6.92 Å². The Morgan fingerprint density at radius 3 is 3.00 bits per heavy atom. The van der Waals surface area contributed by atoms with E-state index in [0.717, 1.165) is 29.8 Å². The molecule has 2 N–H and O–H groups in total. The first kappa shape index (κ1) is 15.6. The molecule has 1 fully saturated rings. The number of aryl methyl sites for hydroxylation is 2. The van der Waals surface area contributed by atoms with Crippen LogP contribution in [0.15, 0.2) is 23.1 Å². The molecule has 0 aromatic carbocycles. The van der Waals surface area contributed by atoms with Crippen LogP contribution in [0.5, 0.6) is 0 Å². The molecule has 130 valence electrons. The molecule has 0 saturated carbocycles. The summed E-state index contributed by atoms with van der Waals surface area (Å²) >= 11 is 0. The highest BCUT2D eigenvalue weighted by Gasteiger charge is 2.30. The van der Waals surface area contributed by atoms with Crippen molar-refractivity contribution < 1.29 is 4.79 Å². The third-order valence-electron chi connectivity index (χ3n) is 4.92. The molecule has 0 radical (unpaired) electrons. The predicted molar refractivity (Wildman–Crippen MR) is 91.8 cm³/mol. The van der Waals surface area contributed by atoms with Gasteiger partial charge < -0.3 is 4.90 Å². The van der Waals surface area contributed by atoms with Crippen molar-refractivity contribution in [3.8, 4) is 0 Å². The number of rotatable bonds is 3. The largest absolute Gasteiger partial charge is 0.337 e. The first-order valence-electron chi connectivity index (χ1n) is 8.48. The average molecular weight is 340 g/mol. The van der Waals surface area contributed by atoms with Crippen LogP contribution in [-0.2, 0) is 6.42 Å². The number of fused-ring (bicyclic) bond motifs is 1. The van der Waals surface area contributed by atoms with Gasteiger partial charge in [-0.25, -0.2) is 9.50 Å². The Hall–Kier alpha value is -2.90. The van der Waals surface area contributed by atoms with E-state index in [2.05, 4.69) is 22.2 Å². The summed E-state index contributed by atoms with van der Waals surface area (Å²) in [7, 11) is 0. The molecule has 1 aliphatic heterocycles. The van der Waals surface area contributed by atoms with Crippen LogP contribution in [0.4, 0.5) is 0 Å². The van der Waals surface area contributed by atoms with Crippen molar-refractivity contribution in [3.63, 3.8) is 0 Å². The van der Waals surface area contributed by atoms with E-state index in [9.17, 15) is 9.59 Å². The summed E-state index contributed by atoms with van der Waals surface area (Å²) in [5.41, 5.74) is 3.85. The quantitative estimate of drug-likeness (QED) is 0.749. The molecule has 1 atom stereocenters. The standard InChI is InChI=1S/C17H20N6O2/c1-3-12-10(2)21-23-15(24)8-14(19-16(12)23)11-5-7-22(9-11)17(25)13-4-6-18-20-13/h4,6,8,11,21H,3,5,7,9H2,1-2H3,(H,18,20)/t11-/m0/s1. The number of nitrogens with one attached hydrogen (secondary N) is 2. The van der Waals surface area contributed by atoms with E-state index in [-0.39, 0.29) is 17.4 Å². The Morgan fingerprint density at radius 2 is 2.28 bits per heavy atom. The highest BCUT2D eigenvalue weighted by Crippen LogP contribution is 2.27. The lowest BCUT2D eigenvalue weighted by atomic mass is 10.0. The number of nitrogens with zero attached hydrogens (tertiary/aromatic N) is 4. The Labute approximate surface area is 143 Å². The summed E-state index contributed by atoms with van der Waals surface area (Å²) < 4.78 is 1.50. The summed E-state index contributed by atoms with van der Waals surface area (Å²) in [5, 5.41) is 9.61. The second-order valence-corrected chi connectivity index (χ2v) is 6.45. The van der Waals surface area contributed by atoms with Crippen molar-refractivity contribution in [1.82, 2.24) is 29.7 Å². The van der Waals surface area contributed by atoms with E-state index in [1.165, 1.54) is 4.52 Å². The molecule has 1 aliphatic rings. The van der Waals surface area contributed by atoms with Gasteiger partial charge in [-0.2, -0.15) is 5.10 Å². The van der Waals surface area contributed by atoms with Crippen molar-refractivity contribution in [3.05, 3.63) is 51.3 Å². The molecule has 3 aromatic rings. The fourth-order valence-electron chi connectivity index (χ4n) is 3.58. The van der Waals surface area contributed by atoms with Gasteiger partial charge in [0.05, 0.1) is 5.69 Å². The molecule has 25 heavy (non-hydrogen) atoms. The van der Waals surface area contributed by atoms with Crippen LogP contribution in [0, 0.1) is 6.92 Å². The molecular weight excluding hydrogens is 320 g/mol. The molecule has 8 nitrogen and oxygen atoms in total. The van der Waals surface area contributed by atoms with Crippen LogP contribution in [0.3, 0.4) is 0 Å². The minimum atomic E-state index is -0.110. The summed E-state index contributed by atoms with van der Waals surface area (Å²) in [5.74, 6) is 0.00835. The smallest absolute Gasteiger partial charge is 0.272 e. The first-order valence-corrected chi connectivity index (χ1v) is 8.48. The summed E-state index contributed by atoms with van der Waals surface area (Å²) in [6.45, 7) is 5.21. The lowest BCUT2D eigenvalue weighted by molar-refractivity contribution is 0.0785. The van der Waals surface area contributed by atoms with Crippen molar-refractivity contribution >= 4 is 11.6 Å². The van der Waals surface area contributed by atoms with E-state index in [4.69, 9.17) is 4.98 Å². The highest BCUT2D eigenvalue weighted by atomic mass is 16.2. The molecule has 3 aromatic heterocycles. The van der Waals surface area contributed by atoms with E-state index in [0.29, 0.717) is 24.4 Å². The monoisotopic (exact) mass is 340 g/mol. The van der Waals surface area contributed by atoms with Gasteiger partial charge in [-0.05, 0) is 25.8 Å². The SMILES string of the molecule is CCc1c(C)[nH]n2c(=O)cc([C@H]3CCN(C(=O)c4ccn[nH]4)C3)nc12. The summed E-state index contributed by atoms with van der Waals surface area (Å²) in [4.78, 5) is 31.4. The lowest BCUT2D eigenvalue weighted by Crippen LogP contribution is -2.29. The number of hydrogen-bond donors (Lipinski definition) is 2. The van der Waals surface area contributed by atoms with E-state index < -0.39 is 0 Å². The van der Waals surface area contributed by atoms with E-state index in [1.54, 1.807) is 23.2 Å². The maximum Gasteiger partial charge on any atom is 0.272 e. The van der Waals surface area contributed by atoms with Gasteiger partial charge in [0.15, 0.2) is 5.65 Å². The van der Waals surface area contributed by atoms with Gasteiger partial charge >= 0.3 is 0 Å². The lowest BCUT2D eigenvalue weighted by Gasteiger charge is -2.15. The van der Waals surface area contributed by atoms with Crippen LogP contribution >= 0.6 is 0 Å². The van der Waals surface area contributed by atoms with E-state index >= 15 is 0 Å². The zero-order valence-electron chi connectivity index (χ0n) is 14.2. The Bertz CT molecular complexity index is 985. The second kappa shape index (κ2) is 5.87. The maximum absolute atomic E-state index is 12.4. The highest BCUT2D eigenvalue weighted by molar-refractivity contribution is 5.92. The van der Waals surface area contributed by atoms with Crippen molar-refractivity contribution in [2.45, 2.75) is 32.6 Å². The van der Waals surface area contributed by atoms with Crippen molar-refractivity contribution in [1.29, 1.82) is 0 Å². The average Bonchev–Trinajstić information content (AvgIpc) is 3.33. The molecule has 8 heteroatoms. The zero-order chi connectivity index (χ0) is 17.6. The van der Waals surface area contributed by atoms with Crippen LogP contribution in [-0.4, -0.2) is 48.7 Å². The maximum atomic E-state index is 12.4. The number of H-pyrrole nitrogens is 2. The molecule has 0 aliphatic carbocycles. The van der Waals surface area contributed by atoms with Gasteiger partial charge in [-0.3, -0.25) is 19.8 Å². The molecule has 1 amide bonds. The third kappa shape index (κ3) is 2.54. The van der Waals surface area contributed by atoms with Crippen molar-refractivity contribution in [2.75, 3.05) is 13.1 Å². The molecule has 0 spiro atoms. The number of aromatic amines is 2. The van der Waals surface area contributed by atoms with Gasteiger partial charge in [0, 0.05) is 42.5 Å². The Balaban J connectivity index is 1.64. The van der Waals surface area contributed by atoms with Crippen LogP contribution in [0.2, 0.25) is 0 Å². The number of likely N-dealkylation sites (tertiary alicyclic amines) is 1. The van der Waals surface area contributed by atoms with Crippen LogP contribution in [0.1, 0.15) is 46.7 Å². The molecule has 4 rings (SSSR count). The minimum Gasteiger partial charge on any atom is -0.337 e. The normalized spacial score (nSPS) is 17.5. The third-order valence-corrected chi connectivity index (χ3v) is 4.92. The van der Waals surface area contributed by atoms with Crippen LogP contribution in [0.25, 0.3) is 5.65 Å². The number of aromatic nitrogens is 5. The topological polar surface area (TPSA) is 99.1 Å². The summed E-state index contributed by atoms with van der Waals surface area (Å²) in [6, 6.07) is 3.25. The molecular formula is C17H20N6O2. The molecule has 0 unspecified atom stereocenters. The van der Waals surface area contributed by atoms with Gasteiger partial charge in [-0.15, -0.1) is 0 Å². The van der Waals surface area contributed by atoms with Crippen LogP contribution < -0.4 is 5.56 Å². The van der Waals surface area contributed by atoms with Gasteiger partial charge in [0.1, 0.15) is 5.69 Å². The minimum absolute atomic E-state index is 0.0652. The first-order chi connectivity index (χ1) is 12.1. The van der Waals surface area contributed by atoms with Crippen molar-refractivity contribution in [2.24, 2.45) is 0 Å². The molecule has 1 saturated heterocycles. The predicted octanol–water partition coefficient (Wildman–Crippen LogP) is 1.25.